The highest BCUT2D eigenvalue weighted by molar-refractivity contribution is 8.01. The van der Waals surface area contributed by atoms with E-state index in [0.717, 1.165) is 17.5 Å². The molecule has 3 unspecified atom stereocenters. The van der Waals surface area contributed by atoms with E-state index in [9.17, 15) is 4.79 Å². The molecule has 5 rings (SSSR count). The van der Waals surface area contributed by atoms with Gasteiger partial charge in [-0.15, -0.1) is 0 Å². The molecule has 2 bridgehead atoms. The lowest BCUT2D eigenvalue weighted by Crippen LogP contribution is -2.46. The summed E-state index contributed by atoms with van der Waals surface area (Å²) in [6.45, 7) is 5.59. The molecular weight excluding hydrogens is 372 g/mol. The summed E-state index contributed by atoms with van der Waals surface area (Å²) < 4.78 is 6.46. The lowest BCUT2D eigenvalue weighted by molar-refractivity contribution is -0.158. The topological polar surface area (TPSA) is 26.3 Å². The van der Waals surface area contributed by atoms with Crippen molar-refractivity contribution in [2.24, 2.45) is 5.92 Å². The van der Waals surface area contributed by atoms with Gasteiger partial charge in [-0.05, 0) is 38.3 Å². The molecule has 2 aromatic rings. The van der Waals surface area contributed by atoms with Crippen LogP contribution in [0.4, 0.5) is 0 Å². The molecule has 3 aliphatic rings. The van der Waals surface area contributed by atoms with Gasteiger partial charge in [0.2, 0.25) is 0 Å². The number of hydrogen-bond donors (Lipinski definition) is 0. The van der Waals surface area contributed by atoms with Crippen molar-refractivity contribution in [3.05, 3.63) is 71.8 Å². The van der Waals surface area contributed by atoms with Gasteiger partial charge in [-0.1, -0.05) is 54.7 Å². The zero-order chi connectivity index (χ0) is 18.6. The Kier molecular flexibility index (Phi) is 4.17. The number of benzene rings is 2. The first kappa shape index (κ1) is 17.4. The standard InChI is InChI=1S/C23H22O2S2/c1-14(2)22(24)25-23(18-13-15-11-12-21(18)26-15)16-7-3-5-9-19(16)27-20-10-6-4-8-17(20)23/h3-10,15,18,21H,1,11-13H2,2H3. The predicted octanol–water partition coefficient (Wildman–Crippen LogP) is 5.80. The van der Waals surface area contributed by atoms with Gasteiger partial charge in [-0.2, -0.15) is 11.8 Å². The van der Waals surface area contributed by atoms with Gasteiger partial charge in [0.15, 0.2) is 5.60 Å². The maximum Gasteiger partial charge on any atom is 0.334 e. The van der Waals surface area contributed by atoms with Crippen molar-refractivity contribution < 1.29 is 9.53 Å². The van der Waals surface area contributed by atoms with E-state index in [1.54, 1.807) is 18.7 Å². The molecule has 3 atom stereocenters. The predicted molar refractivity (Wildman–Crippen MR) is 111 cm³/mol. The third kappa shape index (κ3) is 2.60. The second kappa shape index (κ2) is 6.46. The number of esters is 1. The van der Waals surface area contributed by atoms with Crippen molar-refractivity contribution in [1.29, 1.82) is 0 Å². The fourth-order valence-corrected chi connectivity index (χ4v) is 7.91. The highest BCUT2D eigenvalue weighted by atomic mass is 32.2. The third-order valence-corrected chi connectivity index (χ3v) is 8.90. The van der Waals surface area contributed by atoms with Crippen LogP contribution in [0.25, 0.3) is 0 Å². The van der Waals surface area contributed by atoms with Crippen LogP contribution in [-0.2, 0) is 15.1 Å². The van der Waals surface area contributed by atoms with E-state index in [4.69, 9.17) is 4.74 Å². The Morgan fingerprint density at radius 2 is 1.70 bits per heavy atom. The second-order valence-corrected chi connectivity index (χ2v) is 10.3. The number of hydrogen-bond acceptors (Lipinski definition) is 4. The number of ether oxygens (including phenoxy) is 1. The van der Waals surface area contributed by atoms with E-state index < -0.39 is 5.60 Å². The minimum absolute atomic E-state index is 0.292. The molecule has 2 fully saturated rings. The SMILES string of the molecule is C=C(C)C(=O)OC1(C2CC3CCC2S3)c2ccccc2Sc2ccccc21. The van der Waals surface area contributed by atoms with Crippen molar-refractivity contribution in [2.75, 3.05) is 0 Å². The average molecular weight is 395 g/mol. The van der Waals surface area contributed by atoms with Crippen LogP contribution in [0.1, 0.15) is 37.3 Å². The molecule has 0 radical (unpaired) electrons. The first-order valence-electron chi connectivity index (χ1n) is 9.51. The Bertz CT molecular complexity index is 890. The summed E-state index contributed by atoms with van der Waals surface area (Å²) in [5, 5.41) is 1.23. The van der Waals surface area contributed by atoms with E-state index in [0.29, 0.717) is 22.0 Å². The smallest absolute Gasteiger partial charge is 0.334 e. The van der Waals surface area contributed by atoms with Crippen molar-refractivity contribution in [2.45, 2.75) is 52.1 Å². The van der Waals surface area contributed by atoms with Gasteiger partial charge >= 0.3 is 5.97 Å². The van der Waals surface area contributed by atoms with E-state index in [1.165, 1.54) is 22.6 Å². The van der Waals surface area contributed by atoms with Crippen LogP contribution in [0.2, 0.25) is 0 Å². The number of fused-ring (bicyclic) bond motifs is 4. The summed E-state index contributed by atoms with van der Waals surface area (Å²) in [5.74, 6) is 0.00651. The summed E-state index contributed by atoms with van der Waals surface area (Å²) in [5.41, 5.74) is 2.02. The molecule has 3 aliphatic heterocycles. The highest BCUT2D eigenvalue weighted by Crippen LogP contribution is 2.62. The van der Waals surface area contributed by atoms with Gasteiger partial charge in [-0.3, -0.25) is 0 Å². The fraction of sp³-hybridized carbons (Fsp3) is 0.348. The monoisotopic (exact) mass is 394 g/mol. The molecule has 4 heteroatoms. The molecular formula is C23H22O2S2. The normalized spacial score (nSPS) is 26.9. The minimum atomic E-state index is -0.721. The first-order valence-corrected chi connectivity index (χ1v) is 11.3. The third-order valence-electron chi connectivity index (χ3n) is 6.02. The fourth-order valence-electron chi connectivity index (χ4n) is 4.87. The minimum Gasteiger partial charge on any atom is -0.445 e. The molecule has 0 spiro atoms. The highest BCUT2D eigenvalue weighted by Gasteiger charge is 2.57. The molecule has 2 saturated heterocycles. The van der Waals surface area contributed by atoms with E-state index in [2.05, 4.69) is 66.9 Å². The number of rotatable bonds is 3. The zero-order valence-corrected chi connectivity index (χ0v) is 16.9. The Hall–Kier alpha value is -1.65. The molecule has 0 aliphatic carbocycles. The number of thioether (sulfide) groups is 1. The van der Waals surface area contributed by atoms with Crippen LogP contribution in [0, 0.1) is 5.92 Å². The molecule has 0 aromatic heterocycles. The van der Waals surface area contributed by atoms with Gasteiger partial charge in [-0.25, -0.2) is 4.79 Å². The van der Waals surface area contributed by atoms with Crippen molar-refractivity contribution in [1.82, 2.24) is 0 Å². The van der Waals surface area contributed by atoms with Crippen LogP contribution in [0.3, 0.4) is 0 Å². The number of carbonyl (C=O) groups is 1. The second-order valence-electron chi connectivity index (χ2n) is 7.72. The van der Waals surface area contributed by atoms with Crippen LogP contribution in [0.5, 0.6) is 0 Å². The maximum atomic E-state index is 12.9. The molecule has 2 nitrogen and oxygen atoms in total. The van der Waals surface area contributed by atoms with Crippen molar-refractivity contribution >= 4 is 29.5 Å². The quantitative estimate of drug-likeness (QED) is 0.486. The van der Waals surface area contributed by atoms with Gasteiger partial charge in [0.1, 0.15) is 0 Å². The number of carbonyl (C=O) groups excluding carboxylic acids is 1. The van der Waals surface area contributed by atoms with Crippen LogP contribution >= 0.6 is 23.5 Å². The Morgan fingerprint density at radius 3 is 2.22 bits per heavy atom. The Balaban J connectivity index is 1.77. The molecule has 0 saturated carbocycles. The van der Waals surface area contributed by atoms with Gasteiger partial charge in [0.25, 0.3) is 0 Å². The van der Waals surface area contributed by atoms with Gasteiger partial charge in [0, 0.05) is 42.9 Å². The molecule has 0 amide bonds. The average Bonchev–Trinajstić information content (AvgIpc) is 3.31. The van der Waals surface area contributed by atoms with Crippen molar-refractivity contribution in [3.63, 3.8) is 0 Å². The summed E-state index contributed by atoms with van der Waals surface area (Å²) in [4.78, 5) is 15.2. The lowest BCUT2D eigenvalue weighted by Gasteiger charge is -2.46. The zero-order valence-electron chi connectivity index (χ0n) is 15.3. The maximum absolute atomic E-state index is 12.9. The van der Waals surface area contributed by atoms with Gasteiger partial charge < -0.3 is 4.74 Å². The Labute approximate surface area is 168 Å². The summed E-state index contributed by atoms with van der Waals surface area (Å²) in [7, 11) is 0. The summed E-state index contributed by atoms with van der Waals surface area (Å²) in [6.07, 6.45) is 3.60. The molecule has 138 valence electrons. The lowest BCUT2D eigenvalue weighted by atomic mass is 9.69. The van der Waals surface area contributed by atoms with Crippen LogP contribution in [0.15, 0.2) is 70.5 Å². The molecule has 27 heavy (non-hydrogen) atoms. The van der Waals surface area contributed by atoms with Crippen LogP contribution in [-0.4, -0.2) is 16.5 Å². The Morgan fingerprint density at radius 1 is 1.07 bits per heavy atom. The van der Waals surface area contributed by atoms with Crippen LogP contribution < -0.4 is 0 Å². The first-order chi connectivity index (χ1) is 13.1. The van der Waals surface area contributed by atoms with E-state index in [1.807, 2.05) is 0 Å². The van der Waals surface area contributed by atoms with Gasteiger partial charge in [0.05, 0.1) is 0 Å². The van der Waals surface area contributed by atoms with Crippen molar-refractivity contribution in [3.8, 4) is 0 Å². The van der Waals surface area contributed by atoms with E-state index in [-0.39, 0.29) is 5.97 Å². The molecule has 0 N–H and O–H groups in total. The summed E-state index contributed by atoms with van der Waals surface area (Å²) >= 11 is 3.87. The largest absolute Gasteiger partial charge is 0.445 e. The van der Waals surface area contributed by atoms with E-state index >= 15 is 0 Å². The molecule has 3 heterocycles. The molecule has 2 aromatic carbocycles. The summed E-state index contributed by atoms with van der Waals surface area (Å²) in [6, 6.07) is 16.9.